The van der Waals surface area contributed by atoms with E-state index in [9.17, 15) is 5.11 Å². The second kappa shape index (κ2) is 7.08. The van der Waals surface area contributed by atoms with Crippen LogP contribution in [0.3, 0.4) is 0 Å². The van der Waals surface area contributed by atoms with E-state index in [1.54, 1.807) is 0 Å². The fraction of sp³-hybridized carbons (Fsp3) is 0.455. The molecule has 1 heterocycles. The Balaban J connectivity index is 2.03. The summed E-state index contributed by atoms with van der Waals surface area (Å²) >= 11 is 0. The van der Waals surface area contributed by atoms with Crippen molar-refractivity contribution < 1.29 is 5.11 Å². The summed E-state index contributed by atoms with van der Waals surface area (Å²) in [7, 11) is 2.21. The SMILES string of the molecule is CCC[C@]1(O)C[C@H](c2ccccc2)N(C)[C@H](c2ccccc2)[C@@H]1C. The van der Waals surface area contributed by atoms with Crippen molar-refractivity contribution in [1.29, 1.82) is 0 Å². The molecule has 0 saturated carbocycles. The van der Waals surface area contributed by atoms with Gasteiger partial charge >= 0.3 is 0 Å². The molecule has 1 fully saturated rings. The van der Waals surface area contributed by atoms with Crippen molar-refractivity contribution in [3.63, 3.8) is 0 Å². The summed E-state index contributed by atoms with van der Waals surface area (Å²) < 4.78 is 0. The van der Waals surface area contributed by atoms with Gasteiger partial charge in [-0.3, -0.25) is 4.90 Å². The second-order valence-corrected chi connectivity index (χ2v) is 7.29. The van der Waals surface area contributed by atoms with Gasteiger partial charge in [0.15, 0.2) is 0 Å². The summed E-state index contributed by atoms with van der Waals surface area (Å²) in [5.41, 5.74) is 1.97. The molecule has 3 rings (SSSR count). The first kappa shape index (κ1) is 17.2. The van der Waals surface area contributed by atoms with Gasteiger partial charge in [0.25, 0.3) is 0 Å². The molecule has 0 amide bonds. The number of likely N-dealkylation sites (tertiary alicyclic amines) is 1. The van der Waals surface area contributed by atoms with Crippen LogP contribution < -0.4 is 0 Å². The van der Waals surface area contributed by atoms with E-state index in [0.717, 1.165) is 19.3 Å². The molecule has 2 aromatic carbocycles. The van der Waals surface area contributed by atoms with Gasteiger partial charge in [0.2, 0.25) is 0 Å². The summed E-state index contributed by atoms with van der Waals surface area (Å²) in [6.45, 7) is 4.38. The molecule has 0 spiro atoms. The minimum absolute atomic E-state index is 0.199. The molecule has 0 unspecified atom stereocenters. The van der Waals surface area contributed by atoms with Gasteiger partial charge in [0.05, 0.1) is 5.60 Å². The van der Waals surface area contributed by atoms with Crippen LogP contribution in [0.1, 0.15) is 56.3 Å². The van der Waals surface area contributed by atoms with Crippen LogP contribution >= 0.6 is 0 Å². The first-order valence-corrected chi connectivity index (χ1v) is 9.11. The van der Waals surface area contributed by atoms with Gasteiger partial charge in [0, 0.05) is 18.0 Å². The summed E-state index contributed by atoms with van der Waals surface area (Å²) in [5, 5.41) is 11.5. The van der Waals surface area contributed by atoms with Crippen molar-refractivity contribution in [1.82, 2.24) is 4.90 Å². The minimum Gasteiger partial charge on any atom is -0.389 e. The zero-order valence-corrected chi connectivity index (χ0v) is 15.0. The molecule has 0 bridgehead atoms. The Labute approximate surface area is 146 Å². The molecule has 0 aliphatic carbocycles. The Hall–Kier alpha value is -1.64. The van der Waals surface area contributed by atoms with Crippen LogP contribution in [0.2, 0.25) is 0 Å². The van der Waals surface area contributed by atoms with E-state index in [2.05, 4.69) is 86.5 Å². The number of rotatable bonds is 4. The van der Waals surface area contributed by atoms with E-state index in [1.165, 1.54) is 11.1 Å². The fourth-order valence-corrected chi connectivity index (χ4v) is 4.47. The van der Waals surface area contributed by atoms with Crippen molar-refractivity contribution in [3.8, 4) is 0 Å². The molecule has 2 aromatic rings. The highest BCUT2D eigenvalue weighted by Gasteiger charge is 2.48. The highest BCUT2D eigenvalue weighted by atomic mass is 16.3. The lowest BCUT2D eigenvalue weighted by molar-refractivity contribution is -0.118. The van der Waals surface area contributed by atoms with E-state index in [0.29, 0.717) is 0 Å². The molecule has 2 heteroatoms. The summed E-state index contributed by atoms with van der Waals surface area (Å²) in [5.74, 6) is 0.199. The van der Waals surface area contributed by atoms with E-state index in [1.807, 2.05) is 0 Å². The lowest BCUT2D eigenvalue weighted by Crippen LogP contribution is -2.52. The van der Waals surface area contributed by atoms with Gasteiger partial charge in [-0.15, -0.1) is 0 Å². The number of hydrogen-bond donors (Lipinski definition) is 1. The van der Waals surface area contributed by atoms with Crippen molar-refractivity contribution in [2.75, 3.05) is 7.05 Å². The Bertz CT molecular complexity index is 642. The molecule has 128 valence electrons. The van der Waals surface area contributed by atoms with Crippen molar-refractivity contribution in [2.45, 2.75) is 50.8 Å². The van der Waals surface area contributed by atoms with Gasteiger partial charge in [0.1, 0.15) is 0 Å². The Morgan fingerprint density at radius 3 is 2.08 bits per heavy atom. The third-order valence-corrected chi connectivity index (χ3v) is 5.81. The number of benzene rings is 2. The highest BCUT2D eigenvalue weighted by Crippen LogP contribution is 2.50. The molecule has 1 aliphatic rings. The van der Waals surface area contributed by atoms with Crippen LogP contribution in [-0.4, -0.2) is 22.7 Å². The van der Waals surface area contributed by atoms with E-state index >= 15 is 0 Å². The Morgan fingerprint density at radius 2 is 1.54 bits per heavy atom. The normalized spacial score (nSPS) is 31.1. The quantitative estimate of drug-likeness (QED) is 0.858. The summed E-state index contributed by atoms with van der Waals surface area (Å²) in [4.78, 5) is 2.46. The van der Waals surface area contributed by atoms with Gasteiger partial charge in [-0.05, 0) is 31.0 Å². The van der Waals surface area contributed by atoms with Crippen LogP contribution in [0, 0.1) is 5.92 Å². The maximum Gasteiger partial charge on any atom is 0.0709 e. The zero-order chi connectivity index (χ0) is 17.2. The first-order valence-electron chi connectivity index (χ1n) is 9.11. The molecular formula is C22H29NO. The number of hydrogen-bond acceptors (Lipinski definition) is 2. The second-order valence-electron chi connectivity index (χ2n) is 7.29. The predicted octanol–water partition coefficient (Wildman–Crippen LogP) is 4.97. The Kier molecular flexibility index (Phi) is 5.07. The van der Waals surface area contributed by atoms with Gasteiger partial charge in [-0.1, -0.05) is 80.9 Å². The molecule has 1 aliphatic heterocycles. The van der Waals surface area contributed by atoms with E-state index in [4.69, 9.17) is 0 Å². The van der Waals surface area contributed by atoms with E-state index in [-0.39, 0.29) is 18.0 Å². The number of nitrogens with zero attached hydrogens (tertiary/aromatic N) is 1. The van der Waals surface area contributed by atoms with Crippen LogP contribution in [0.5, 0.6) is 0 Å². The summed E-state index contributed by atoms with van der Waals surface area (Å²) in [6.07, 6.45) is 2.66. The van der Waals surface area contributed by atoms with Crippen LogP contribution in [0.25, 0.3) is 0 Å². The van der Waals surface area contributed by atoms with Crippen LogP contribution in [0.4, 0.5) is 0 Å². The Morgan fingerprint density at radius 1 is 1.00 bits per heavy atom. The lowest BCUT2D eigenvalue weighted by Gasteiger charge is -2.52. The molecular weight excluding hydrogens is 294 g/mol. The third kappa shape index (κ3) is 3.13. The minimum atomic E-state index is -0.623. The standard InChI is InChI=1S/C22H29NO/c1-4-15-22(24)16-20(18-11-7-5-8-12-18)23(3)21(17(22)2)19-13-9-6-10-14-19/h5-14,17,20-21,24H,4,15-16H2,1-3H3/t17-,20+,21-,22-/m0/s1. The van der Waals surface area contributed by atoms with Crippen LogP contribution in [0.15, 0.2) is 60.7 Å². The molecule has 24 heavy (non-hydrogen) atoms. The average molecular weight is 323 g/mol. The van der Waals surface area contributed by atoms with E-state index < -0.39 is 5.60 Å². The average Bonchev–Trinajstić information content (AvgIpc) is 2.61. The largest absolute Gasteiger partial charge is 0.389 e. The maximum atomic E-state index is 11.5. The molecule has 0 aromatic heterocycles. The van der Waals surface area contributed by atoms with Gasteiger partial charge in [-0.25, -0.2) is 0 Å². The molecule has 1 N–H and O–H groups in total. The highest BCUT2D eigenvalue weighted by molar-refractivity contribution is 5.26. The maximum absolute atomic E-state index is 11.5. The topological polar surface area (TPSA) is 23.5 Å². The fourth-order valence-electron chi connectivity index (χ4n) is 4.47. The monoisotopic (exact) mass is 323 g/mol. The summed E-state index contributed by atoms with van der Waals surface area (Å²) in [6, 6.07) is 21.7. The third-order valence-electron chi connectivity index (χ3n) is 5.81. The molecule has 1 saturated heterocycles. The molecule has 0 radical (unpaired) electrons. The lowest BCUT2D eigenvalue weighted by atomic mass is 9.69. The molecule has 4 atom stereocenters. The van der Waals surface area contributed by atoms with Gasteiger partial charge in [-0.2, -0.15) is 0 Å². The predicted molar refractivity (Wildman–Crippen MR) is 99.8 cm³/mol. The zero-order valence-electron chi connectivity index (χ0n) is 15.0. The molecule has 2 nitrogen and oxygen atoms in total. The smallest absolute Gasteiger partial charge is 0.0709 e. The van der Waals surface area contributed by atoms with Crippen molar-refractivity contribution >= 4 is 0 Å². The number of piperidine rings is 1. The number of aliphatic hydroxyl groups is 1. The first-order chi connectivity index (χ1) is 11.6. The van der Waals surface area contributed by atoms with Crippen molar-refractivity contribution in [2.24, 2.45) is 5.92 Å². The van der Waals surface area contributed by atoms with Gasteiger partial charge < -0.3 is 5.11 Å². The van der Waals surface area contributed by atoms with Crippen LogP contribution in [-0.2, 0) is 0 Å². The van der Waals surface area contributed by atoms with Crippen molar-refractivity contribution in [3.05, 3.63) is 71.8 Å².